The number of allylic oxidation sites excluding steroid dienone is 2. The first-order chi connectivity index (χ1) is 3.39. The van der Waals surface area contributed by atoms with E-state index in [0.717, 1.165) is 5.82 Å². The van der Waals surface area contributed by atoms with Crippen LogP contribution in [0.25, 0.3) is 0 Å². The molecule has 0 N–H and O–H groups in total. The van der Waals surface area contributed by atoms with Gasteiger partial charge in [-0.3, -0.25) is 0 Å². The summed E-state index contributed by atoms with van der Waals surface area (Å²) in [7, 11) is 2.22. The number of hydrogen-bond donors (Lipinski definition) is 0. The maximum atomic E-state index is 2.22. The van der Waals surface area contributed by atoms with Gasteiger partial charge in [-0.25, -0.2) is 0 Å². The molecule has 0 aromatic rings. The Labute approximate surface area is 45.9 Å². The van der Waals surface area contributed by atoms with Crippen molar-refractivity contribution in [3.05, 3.63) is 12.2 Å². The Balaban J connectivity index is 2.49. The molecule has 0 spiro atoms. The first-order valence-corrected chi connectivity index (χ1v) is 2.73. The van der Waals surface area contributed by atoms with Crippen molar-refractivity contribution in [2.75, 3.05) is 0 Å². The SMILES string of the molecule is B[C@H]1C=CC=BC1. The molecule has 1 heterocycles. The Kier molecular flexibility index (Phi) is 1.50. The minimum absolute atomic E-state index is 0.769. The fourth-order valence-electron chi connectivity index (χ4n) is 0.704. The van der Waals surface area contributed by atoms with Gasteiger partial charge in [-0.15, -0.1) is 0 Å². The fourth-order valence-corrected chi connectivity index (χ4v) is 0.704. The van der Waals surface area contributed by atoms with Gasteiger partial charge < -0.3 is 0 Å². The Morgan fingerprint density at radius 2 is 2.57 bits per heavy atom. The van der Waals surface area contributed by atoms with E-state index in [1.54, 1.807) is 0 Å². The van der Waals surface area contributed by atoms with Gasteiger partial charge in [0.15, 0.2) is 0 Å². The first-order valence-electron chi connectivity index (χ1n) is 2.73. The summed E-state index contributed by atoms with van der Waals surface area (Å²) < 4.78 is 0. The molecule has 0 radical (unpaired) electrons. The van der Waals surface area contributed by atoms with Gasteiger partial charge in [0.2, 0.25) is 0 Å². The molecular formula is C5H8B2. The van der Waals surface area contributed by atoms with Crippen molar-refractivity contribution < 1.29 is 0 Å². The minimum atomic E-state index is 0.769. The summed E-state index contributed by atoms with van der Waals surface area (Å²) in [5.41, 5.74) is 0. The van der Waals surface area contributed by atoms with E-state index in [4.69, 9.17) is 0 Å². The second kappa shape index (κ2) is 2.15. The van der Waals surface area contributed by atoms with E-state index in [-0.39, 0.29) is 0 Å². The molecule has 0 aliphatic carbocycles. The maximum absolute atomic E-state index is 2.22. The van der Waals surface area contributed by atoms with E-state index in [2.05, 4.69) is 32.9 Å². The summed E-state index contributed by atoms with van der Waals surface area (Å²) in [4.78, 5) is 0. The molecule has 0 aromatic carbocycles. The molecule has 1 rings (SSSR count). The van der Waals surface area contributed by atoms with E-state index in [1.807, 2.05) is 0 Å². The quantitative estimate of drug-likeness (QED) is 0.364. The second-order valence-electron chi connectivity index (χ2n) is 2.03. The van der Waals surface area contributed by atoms with Crippen LogP contribution in [0.3, 0.4) is 0 Å². The molecule has 7 heavy (non-hydrogen) atoms. The van der Waals surface area contributed by atoms with Gasteiger partial charge in [0.1, 0.15) is 0 Å². The Morgan fingerprint density at radius 1 is 1.71 bits per heavy atom. The molecular weight excluding hydrogens is 81.7 g/mol. The molecule has 0 saturated carbocycles. The summed E-state index contributed by atoms with van der Waals surface area (Å²) >= 11 is 0. The standard InChI is InChI=1S/C5H8B2/c6-5-2-1-3-7-4-5/h1-3,5H,4,6H2/t5-/m0/s1. The third kappa shape index (κ3) is 1.34. The van der Waals surface area contributed by atoms with E-state index in [9.17, 15) is 0 Å². The molecule has 34 valence electrons. The third-order valence-electron chi connectivity index (χ3n) is 1.19. The van der Waals surface area contributed by atoms with Crippen LogP contribution < -0.4 is 0 Å². The average molecular weight is 89.7 g/mol. The van der Waals surface area contributed by atoms with Crippen LogP contribution >= 0.6 is 0 Å². The summed E-state index contributed by atoms with van der Waals surface area (Å²) in [5.74, 6) is 2.87. The first kappa shape index (κ1) is 4.89. The molecule has 0 unspecified atom stereocenters. The van der Waals surface area contributed by atoms with Crippen molar-refractivity contribution in [3.8, 4) is 0 Å². The summed E-state index contributed by atoms with van der Waals surface area (Å²) in [5, 5.41) is 0. The Hall–Kier alpha value is -0.260. The normalized spacial score (nSPS) is 27.1. The van der Waals surface area contributed by atoms with E-state index < -0.39 is 0 Å². The molecule has 0 fully saturated rings. The zero-order valence-corrected chi connectivity index (χ0v) is 4.59. The van der Waals surface area contributed by atoms with Gasteiger partial charge in [0, 0.05) is 0 Å². The van der Waals surface area contributed by atoms with Crippen molar-refractivity contribution in [1.29, 1.82) is 0 Å². The van der Waals surface area contributed by atoms with Crippen LogP contribution in [0.1, 0.15) is 0 Å². The van der Waals surface area contributed by atoms with Crippen LogP contribution in [0.4, 0.5) is 0 Å². The van der Waals surface area contributed by atoms with E-state index in [1.165, 1.54) is 6.32 Å². The molecule has 0 aromatic heterocycles. The van der Waals surface area contributed by atoms with Gasteiger partial charge in [-0.05, 0) is 0 Å². The predicted molar refractivity (Wildman–Crippen MR) is 38.1 cm³/mol. The molecule has 0 nitrogen and oxygen atoms in total. The average Bonchev–Trinajstić information content (AvgIpc) is 1.69. The summed E-state index contributed by atoms with van der Waals surface area (Å²) in [6.07, 6.45) is 5.55. The molecule has 0 bridgehead atoms. The van der Waals surface area contributed by atoms with Crippen molar-refractivity contribution in [1.82, 2.24) is 0 Å². The predicted octanol–water partition coefficient (Wildman–Crippen LogP) is -0.0975. The van der Waals surface area contributed by atoms with Crippen LogP contribution in [-0.2, 0) is 0 Å². The topological polar surface area (TPSA) is 0 Å². The van der Waals surface area contributed by atoms with Crippen LogP contribution in [-0.4, -0.2) is 20.7 Å². The van der Waals surface area contributed by atoms with Gasteiger partial charge in [-0.2, -0.15) is 0 Å². The van der Waals surface area contributed by atoms with Gasteiger partial charge in [0.05, 0.1) is 0 Å². The van der Waals surface area contributed by atoms with Gasteiger partial charge >= 0.3 is 45.0 Å². The van der Waals surface area contributed by atoms with Crippen LogP contribution in [0.15, 0.2) is 12.2 Å². The summed E-state index contributed by atoms with van der Waals surface area (Å²) in [6.45, 7) is 2.20. The van der Waals surface area contributed by atoms with Crippen molar-refractivity contribution >= 4 is 20.7 Å². The van der Waals surface area contributed by atoms with Gasteiger partial charge in [-0.1, -0.05) is 0 Å². The van der Waals surface area contributed by atoms with Crippen molar-refractivity contribution in [3.63, 3.8) is 0 Å². The van der Waals surface area contributed by atoms with Crippen molar-refractivity contribution in [2.45, 2.75) is 12.1 Å². The van der Waals surface area contributed by atoms with E-state index in [0.29, 0.717) is 0 Å². The molecule has 2 heteroatoms. The van der Waals surface area contributed by atoms with Crippen molar-refractivity contribution in [2.24, 2.45) is 0 Å². The fraction of sp³-hybridized carbons (Fsp3) is 0.400. The van der Waals surface area contributed by atoms with Crippen LogP contribution in [0, 0.1) is 0 Å². The molecule has 0 saturated heterocycles. The number of rotatable bonds is 0. The van der Waals surface area contributed by atoms with Crippen LogP contribution in [0.5, 0.6) is 0 Å². The molecule has 1 aliphatic rings. The second-order valence-corrected chi connectivity index (χ2v) is 2.03. The number of hydrogen-bond acceptors (Lipinski definition) is 0. The zero-order valence-electron chi connectivity index (χ0n) is 4.59. The Morgan fingerprint density at radius 3 is 2.86 bits per heavy atom. The summed E-state index contributed by atoms with van der Waals surface area (Å²) in [6, 6.07) is 0. The monoisotopic (exact) mass is 90.1 g/mol. The van der Waals surface area contributed by atoms with E-state index >= 15 is 0 Å². The third-order valence-corrected chi connectivity index (χ3v) is 1.19. The Bertz CT molecular complexity index is 105. The molecule has 1 aliphatic heterocycles. The molecule has 1 atom stereocenters. The molecule has 0 amide bonds. The van der Waals surface area contributed by atoms with Crippen LogP contribution in [0.2, 0.25) is 12.1 Å². The van der Waals surface area contributed by atoms with Gasteiger partial charge in [0.25, 0.3) is 0 Å². The zero-order chi connectivity index (χ0) is 5.11.